The molecule has 0 atom stereocenters. The lowest BCUT2D eigenvalue weighted by Crippen LogP contribution is -2.01. The molecule has 0 saturated carbocycles. The number of ether oxygens (including phenoxy) is 2. The molecule has 2 aromatic carbocycles. The topological polar surface area (TPSA) is 90.7 Å². The molecule has 0 radical (unpaired) electrons. The van der Waals surface area contributed by atoms with Gasteiger partial charge in [0.1, 0.15) is 11.5 Å². The molecule has 0 fully saturated rings. The van der Waals surface area contributed by atoms with Gasteiger partial charge in [0.05, 0.1) is 24.7 Å². The van der Waals surface area contributed by atoms with Gasteiger partial charge in [0.15, 0.2) is 5.78 Å². The number of ketones is 1. The first kappa shape index (κ1) is 18.0. The summed E-state index contributed by atoms with van der Waals surface area (Å²) in [6.45, 7) is 1.75. The van der Waals surface area contributed by atoms with E-state index in [4.69, 9.17) is 9.47 Å². The standard InChI is InChI=1S/C18H18N2O5/c1-12-10-13(20(22)23)4-7-16(12)19-9-8-17(21)15-6-5-14(24-2)11-18(15)25-3/h4-11,19H,1-3H3. The van der Waals surface area contributed by atoms with Gasteiger partial charge in [-0.2, -0.15) is 0 Å². The van der Waals surface area contributed by atoms with Gasteiger partial charge >= 0.3 is 0 Å². The molecule has 0 aromatic heterocycles. The lowest BCUT2D eigenvalue weighted by molar-refractivity contribution is -0.384. The maximum Gasteiger partial charge on any atom is 0.269 e. The Morgan fingerprint density at radius 2 is 1.92 bits per heavy atom. The van der Waals surface area contributed by atoms with Crippen molar-refractivity contribution >= 4 is 17.2 Å². The second-order valence-electron chi connectivity index (χ2n) is 5.16. The van der Waals surface area contributed by atoms with Crippen LogP contribution in [0.15, 0.2) is 48.7 Å². The summed E-state index contributed by atoms with van der Waals surface area (Å²) in [5, 5.41) is 13.7. The van der Waals surface area contributed by atoms with E-state index in [2.05, 4.69) is 5.32 Å². The number of hydrogen-bond donors (Lipinski definition) is 1. The maximum atomic E-state index is 12.3. The number of carbonyl (C=O) groups excluding carboxylic acids is 1. The molecule has 0 unspecified atom stereocenters. The van der Waals surface area contributed by atoms with Gasteiger partial charge in [0.2, 0.25) is 0 Å². The van der Waals surface area contributed by atoms with Crippen molar-refractivity contribution in [2.24, 2.45) is 0 Å². The van der Waals surface area contributed by atoms with Crippen LogP contribution in [0.5, 0.6) is 11.5 Å². The first-order valence-corrected chi connectivity index (χ1v) is 7.40. The van der Waals surface area contributed by atoms with E-state index in [0.29, 0.717) is 28.3 Å². The fourth-order valence-electron chi connectivity index (χ4n) is 2.22. The Morgan fingerprint density at radius 1 is 1.16 bits per heavy atom. The van der Waals surface area contributed by atoms with Gasteiger partial charge in [0, 0.05) is 36.2 Å². The monoisotopic (exact) mass is 342 g/mol. The zero-order chi connectivity index (χ0) is 18.4. The number of allylic oxidation sites excluding steroid dienone is 1. The number of rotatable bonds is 7. The van der Waals surface area contributed by atoms with Crippen molar-refractivity contribution in [2.75, 3.05) is 19.5 Å². The number of aryl methyl sites for hydroxylation is 1. The number of carbonyl (C=O) groups is 1. The lowest BCUT2D eigenvalue weighted by atomic mass is 10.1. The zero-order valence-corrected chi connectivity index (χ0v) is 14.1. The lowest BCUT2D eigenvalue weighted by Gasteiger charge is -2.08. The molecule has 25 heavy (non-hydrogen) atoms. The maximum absolute atomic E-state index is 12.3. The van der Waals surface area contributed by atoms with E-state index in [-0.39, 0.29) is 11.5 Å². The van der Waals surface area contributed by atoms with E-state index in [9.17, 15) is 14.9 Å². The van der Waals surface area contributed by atoms with E-state index in [1.165, 1.54) is 38.6 Å². The number of nitrogens with zero attached hydrogens (tertiary/aromatic N) is 1. The van der Waals surface area contributed by atoms with Crippen LogP contribution in [0, 0.1) is 17.0 Å². The fraction of sp³-hybridized carbons (Fsp3) is 0.167. The Balaban J connectivity index is 2.12. The Morgan fingerprint density at radius 3 is 2.52 bits per heavy atom. The van der Waals surface area contributed by atoms with Crippen molar-refractivity contribution in [3.63, 3.8) is 0 Å². The van der Waals surface area contributed by atoms with Crippen LogP contribution in [0.25, 0.3) is 0 Å². The van der Waals surface area contributed by atoms with E-state index in [0.717, 1.165) is 0 Å². The minimum atomic E-state index is -0.452. The SMILES string of the molecule is COc1ccc(C(=O)C=CNc2ccc([N+](=O)[O-])cc2C)c(OC)c1. The third-order valence-electron chi connectivity index (χ3n) is 3.57. The first-order chi connectivity index (χ1) is 12.0. The molecule has 2 rings (SSSR count). The van der Waals surface area contributed by atoms with Gasteiger partial charge in [-0.1, -0.05) is 0 Å². The molecule has 7 nitrogen and oxygen atoms in total. The number of hydrogen-bond acceptors (Lipinski definition) is 6. The van der Waals surface area contributed by atoms with Crippen LogP contribution in [0.1, 0.15) is 15.9 Å². The second-order valence-corrected chi connectivity index (χ2v) is 5.16. The van der Waals surface area contributed by atoms with Gasteiger partial charge in [-0.15, -0.1) is 0 Å². The summed E-state index contributed by atoms with van der Waals surface area (Å²) in [5.41, 5.74) is 1.80. The van der Waals surface area contributed by atoms with Gasteiger partial charge in [-0.25, -0.2) is 0 Å². The summed E-state index contributed by atoms with van der Waals surface area (Å²) in [6.07, 6.45) is 2.85. The summed E-state index contributed by atoms with van der Waals surface area (Å²) >= 11 is 0. The highest BCUT2D eigenvalue weighted by Gasteiger charge is 2.11. The zero-order valence-electron chi connectivity index (χ0n) is 14.1. The Hall–Kier alpha value is -3.35. The van der Waals surface area contributed by atoms with Crippen molar-refractivity contribution < 1.29 is 19.2 Å². The predicted octanol–water partition coefficient (Wildman–Crippen LogP) is 3.73. The Labute approximate surface area is 145 Å². The summed E-state index contributed by atoms with van der Waals surface area (Å²) in [7, 11) is 3.01. The van der Waals surface area contributed by atoms with Crippen molar-refractivity contribution in [1.82, 2.24) is 0 Å². The molecule has 0 aliphatic rings. The number of benzene rings is 2. The van der Waals surface area contributed by atoms with Crippen LogP contribution < -0.4 is 14.8 Å². The normalized spacial score (nSPS) is 10.5. The molecule has 7 heteroatoms. The third-order valence-corrected chi connectivity index (χ3v) is 3.57. The molecule has 2 aromatic rings. The number of nitro benzene ring substituents is 1. The smallest absolute Gasteiger partial charge is 0.269 e. The van der Waals surface area contributed by atoms with E-state index < -0.39 is 4.92 Å². The summed E-state index contributed by atoms with van der Waals surface area (Å²) in [5.74, 6) is 0.768. The van der Waals surface area contributed by atoms with Crippen molar-refractivity contribution in [3.8, 4) is 11.5 Å². The number of nitrogens with one attached hydrogen (secondary N) is 1. The van der Waals surface area contributed by atoms with Crippen LogP contribution in [-0.2, 0) is 0 Å². The molecule has 0 spiro atoms. The number of anilines is 1. The molecule has 0 aliphatic carbocycles. The third kappa shape index (κ3) is 4.35. The highest BCUT2D eigenvalue weighted by atomic mass is 16.6. The van der Waals surface area contributed by atoms with Gasteiger partial charge in [0.25, 0.3) is 5.69 Å². The van der Waals surface area contributed by atoms with Crippen LogP contribution in [0.4, 0.5) is 11.4 Å². The van der Waals surface area contributed by atoms with E-state index in [1.807, 2.05) is 0 Å². The summed E-state index contributed by atoms with van der Waals surface area (Å²) < 4.78 is 10.3. The second kappa shape index (κ2) is 7.96. The van der Waals surface area contributed by atoms with Crippen LogP contribution in [0.2, 0.25) is 0 Å². The average Bonchev–Trinajstić information content (AvgIpc) is 2.62. The van der Waals surface area contributed by atoms with Crippen molar-refractivity contribution in [2.45, 2.75) is 6.92 Å². The van der Waals surface area contributed by atoms with Crippen molar-refractivity contribution in [3.05, 3.63) is 69.9 Å². The molecule has 0 bridgehead atoms. The van der Waals surface area contributed by atoms with Crippen LogP contribution >= 0.6 is 0 Å². The minimum Gasteiger partial charge on any atom is -0.497 e. The molecule has 0 saturated heterocycles. The molecule has 0 amide bonds. The first-order valence-electron chi connectivity index (χ1n) is 7.40. The molecular formula is C18H18N2O5. The molecule has 0 heterocycles. The Bertz CT molecular complexity index is 830. The Kier molecular flexibility index (Phi) is 5.73. The molecule has 130 valence electrons. The number of nitro groups is 1. The van der Waals surface area contributed by atoms with Gasteiger partial charge in [-0.05, 0) is 30.7 Å². The van der Waals surface area contributed by atoms with Gasteiger partial charge < -0.3 is 14.8 Å². The van der Waals surface area contributed by atoms with Crippen LogP contribution in [-0.4, -0.2) is 24.9 Å². The molecular weight excluding hydrogens is 324 g/mol. The highest BCUT2D eigenvalue weighted by Crippen LogP contribution is 2.25. The summed E-state index contributed by atoms with van der Waals surface area (Å²) in [6, 6.07) is 9.40. The average molecular weight is 342 g/mol. The van der Waals surface area contributed by atoms with E-state index in [1.54, 1.807) is 31.2 Å². The van der Waals surface area contributed by atoms with Crippen molar-refractivity contribution in [1.29, 1.82) is 0 Å². The highest BCUT2D eigenvalue weighted by molar-refractivity contribution is 6.06. The van der Waals surface area contributed by atoms with Crippen LogP contribution in [0.3, 0.4) is 0 Å². The largest absolute Gasteiger partial charge is 0.497 e. The van der Waals surface area contributed by atoms with Gasteiger partial charge in [-0.3, -0.25) is 14.9 Å². The molecule has 1 N–H and O–H groups in total. The van der Waals surface area contributed by atoms with E-state index >= 15 is 0 Å². The number of methoxy groups -OCH3 is 2. The quantitative estimate of drug-likeness (QED) is 0.357. The number of non-ortho nitro benzene ring substituents is 1. The summed E-state index contributed by atoms with van der Waals surface area (Å²) in [4.78, 5) is 22.6. The predicted molar refractivity (Wildman–Crippen MR) is 94.5 cm³/mol. The molecule has 0 aliphatic heterocycles. The minimum absolute atomic E-state index is 0.0195. The fourth-order valence-corrected chi connectivity index (χ4v) is 2.22.